The van der Waals surface area contributed by atoms with Crippen molar-refractivity contribution in [2.45, 2.75) is 38.0 Å². The molecule has 1 N–H and O–H groups in total. The van der Waals surface area contributed by atoms with Gasteiger partial charge >= 0.3 is 5.97 Å². The SMILES string of the molecule is CC(=O)Oc1ccc(Cl)c2c1C1(CCc3c(Cl)ccc(O)c31)CC2. The molecule has 3 nitrogen and oxygen atoms in total. The van der Waals surface area contributed by atoms with Crippen molar-refractivity contribution >= 4 is 29.2 Å². The molecule has 5 heteroatoms. The van der Waals surface area contributed by atoms with Gasteiger partial charge < -0.3 is 9.84 Å². The standard InChI is InChI=1S/C19H16Cl2O3/c1-10(22)24-16-5-3-14(21)12-7-9-19(18(12)16)8-6-11-13(20)2-4-15(23)17(11)19/h2-5,23H,6-9H2,1H3. The van der Waals surface area contributed by atoms with Crippen molar-refractivity contribution in [3.05, 3.63) is 56.6 Å². The number of carbonyl (C=O) groups is 1. The van der Waals surface area contributed by atoms with Crippen LogP contribution in [0.25, 0.3) is 0 Å². The van der Waals surface area contributed by atoms with Gasteiger partial charge in [-0.2, -0.15) is 0 Å². The third kappa shape index (κ3) is 2.08. The molecule has 124 valence electrons. The van der Waals surface area contributed by atoms with Gasteiger partial charge in [0.25, 0.3) is 0 Å². The van der Waals surface area contributed by atoms with Gasteiger partial charge in [0.15, 0.2) is 0 Å². The van der Waals surface area contributed by atoms with Crippen LogP contribution in [0.3, 0.4) is 0 Å². The molecule has 2 aliphatic carbocycles. The average molecular weight is 363 g/mol. The highest BCUT2D eigenvalue weighted by atomic mass is 35.5. The van der Waals surface area contributed by atoms with Crippen LogP contribution in [-0.2, 0) is 23.1 Å². The van der Waals surface area contributed by atoms with E-state index in [0.717, 1.165) is 47.9 Å². The number of aromatic hydroxyl groups is 1. The van der Waals surface area contributed by atoms with Crippen molar-refractivity contribution in [3.63, 3.8) is 0 Å². The summed E-state index contributed by atoms with van der Waals surface area (Å²) < 4.78 is 5.47. The number of carbonyl (C=O) groups excluding carboxylic acids is 1. The van der Waals surface area contributed by atoms with Crippen LogP contribution in [0, 0.1) is 0 Å². The first-order chi connectivity index (χ1) is 11.4. The minimum atomic E-state index is -0.394. The Balaban J connectivity index is 2.01. The highest BCUT2D eigenvalue weighted by Gasteiger charge is 2.49. The van der Waals surface area contributed by atoms with Crippen LogP contribution in [0.4, 0.5) is 0 Å². The molecule has 1 spiro atoms. The van der Waals surface area contributed by atoms with E-state index in [1.807, 2.05) is 0 Å². The highest BCUT2D eigenvalue weighted by Crippen LogP contribution is 2.59. The predicted molar refractivity (Wildman–Crippen MR) is 93.3 cm³/mol. The number of halogens is 2. The topological polar surface area (TPSA) is 46.5 Å². The van der Waals surface area contributed by atoms with Crippen LogP contribution < -0.4 is 4.74 Å². The van der Waals surface area contributed by atoms with Gasteiger partial charge in [0.05, 0.1) is 0 Å². The summed E-state index contributed by atoms with van der Waals surface area (Å²) in [5.74, 6) is 0.412. The van der Waals surface area contributed by atoms with Crippen LogP contribution >= 0.6 is 23.2 Å². The number of fused-ring (bicyclic) bond motifs is 4. The maximum Gasteiger partial charge on any atom is 0.308 e. The van der Waals surface area contributed by atoms with Crippen molar-refractivity contribution in [1.29, 1.82) is 0 Å². The molecule has 0 heterocycles. The van der Waals surface area contributed by atoms with E-state index in [9.17, 15) is 9.90 Å². The summed E-state index contributed by atoms with van der Waals surface area (Å²) in [4.78, 5) is 11.5. The lowest BCUT2D eigenvalue weighted by atomic mass is 9.76. The van der Waals surface area contributed by atoms with E-state index in [1.54, 1.807) is 24.3 Å². The Hall–Kier alpha value is -1.71. The fourth-order valence-corrected chi connectivity index (χ4v) is 4.93. The highest BCUT2D eigenvalue weighted by molar-refractivity contribution is 6.32. The Labute approximate surface area is 150 Å². The van der Waals surface area contributed by atoms with Crippen molar-refractivity contribution in [1.82, 2.24) is 0 Å². The van der Waals surface area contributed by atoms with Crippen molar-refractivity contribution in [2.24, 2.45) is 0 Å². The fraction of sp³-hybridized carbons (Fsp3) is 0.316. The molecule has 24 heavy (non-hydrogen) atoms. The van der Waals surface area contributed by atoms with Crippen LogP contribution in [0.1, 0.15) is 42.0 Å². The molecule has 4 rings (SSSR count). The molecule has 0 fully saturated rings. The van der Waals surface area contributed by atoms with Crippen LogP contribution in [0.15, 0.2) is 24.3 Å². The molecular weight excluding hydrogens is 347 g/mol. The van der Waals surface area contributed by atoms with Crippen LogP contribution in [0.5, 0.6) is 11.5 Å². The molecular formula is C19H16Cl2O3. The zero-order valence-electron chi connectivity index (χ0n) is 13.2. The molecule has 0 aromatic heterocycles. The van der Waals surface area contributed by atoms with Gasteiger partial charge in [-0.1, -0.05) is 23.2 Å². The number of benzene rings is 2. The number of rotatable bonds is 1. The number of hydrogen-bond acceptors (Lipinski definition) is 3. The average Bonchev–Trinajstić information content (AvgIpc) is 3.11. The second-order valence-corrected chi connectivity index (χ2v) is 7.31. The fourth-order valence-electron chi connectivity index (χ4n) is 4.43. The summed E-state index contributed by atoms with van der Waals surface area (Å²) in [5.41, 5.74) is 3.39. The monoisotopic (exact) mass is 362 g/mol. The third-order valence-corrected chi connectivity index (χ3v) is 5.97. The Morgan fingerprint density at radius 2 is 1.62 bits per heavy atom. The molecule has 0 bridgehead atoms. The van der Waals surface area contributed by atoms with Crippen LogP contribution in [-0.4, -0.2) is 11.1 Å². The quantitative estimate of drug-likeness (QED) is 0.585. The van der Waals surface area contributed by atoms with Gasteiger partial charge in [0.2, 0.25) is 0 Å². The Morgan fingerprint density at radius 1 is 1.04 bits per heavy atom. The lowest BCUT2D eigenvalue weighted by Gasteiger charge is -2.29. The van der Waals surface area contributed by atoms with Gasteiger partial charge in [-0.25, -0.2) is 0 Å². The summed E-state index contributed by atoms with van der Waals surface area (Å²) >= 11 is 12.8. The van der Waals surface area contributed by atoms with Crippen molar-refractivity contribution < 1.29 is 14.6 Å². The van der Waals surface area contributed by atoms with E-state index in [4.69, 9.17) is 27.9 Å². The van der Waals surface area contributed by atoms with Gasteiger partial charge in [-0.15, -0.1) is 0 Å². The molecule has 0 aliphatic heterocycles. The first-order valence-electron chi connectivity index (χ1n) is 7.95. The molecule has 0 saturated carbocycles. The maximum absolute atomic E-state index is 11.5. The largest absolute Gasteiger partial charge is 0.508 e. The van der Waals surface area contributed by atoms with Crippen molar-refractivity contribution in [3.8, 4) is 11.5 Å². The summed E-state index contributed by atoms with van der Waals surface area (Å²) in [6.45, 7) is 1.39. The Morgan fingerprint density at radius 3 is 2.25 bits per heavy atom. The minimum absolute atomic E-state index is 0.244. The first kappa shape index (κ1) is 15.8. The third-order valence-electron chi connectivity index (χ3n) is 5.27. The van der Waals surface area contributed by atoms with E-state index in [0.29, 0.717) is 15.8 Å². The summed E-state index contributed by atoms with van der Waals surface area (Å²) in [6, 6.07) is 6.89. The van der Waals surface area contributed by atoms with Gasteiger partial charge in [0, 0.05) is 33.5 Å². The van der Waals surface area contributed by atoms with E-state index in [2.05, 4.69) is 0 Å². The zero-order valence-corrected chi connectivity index (χ0v) is 14.7. The second-order valence-electron chi connectivity index (χ2n) is 6.49. The molecule has 2 aliphatic rings. The summed E-state index contributed by atoms with van der Waals surface area (Å²) in [5, 5.41) is 11.9. The van der Waals surface area contributed by atoms with Gasteiger partial charge in [-0.3, -0.25) is 4.79 Å². The molecule has 2 aromatic carbocycles. The van der Waals surface area contributed by atoms with Gasteiger partial charge in [-0.05, 0) is 61.1 Å². The van der Waals surface area contributed by atoms with Crippen LogP contribution in [0.2, 0.25) is 10.0 Å². The molecule has 0 amide bonds. The second kappa shape index (κ2) is 5.40. The molecule has 2 aromatic rings. The molecule has 0 radical (unpaired) electrons. The zero-order chi connectivity index (χ0) is 17.1. The Kier molecular flexibility index (Phi) is 3.55. The molecule has 0 saturated heterocycles. The van der Waals surface area contributed by atoms with E-state index >= 15 is 0 Å². The smallest absolute Gasteiger partial charge is 0.308 e. The number of ether oxygens (including phenoxy) is 1. The summed E-state index contributed by atoms with van der Waals surface area (Å²) in [7, 11) is 0. The molecule has 1 atom stereocenters. The van der Waals surface area contributed by atoms with E-state index in [1.165, 1.54) is 6.92 Å². The first-order valence-corrected chi connectivity index (χ1v) is 8.71. The van der Waals surface area contributed by atoms with E-state index in [-0.39, 0.29) is 11.7 Å². The van der Waals surface area contributed by atoms with E-state index < -0.39 is 5.41 Å². The minimum Gasteiger partial charge on any atom is -0.508 e. The number of esters is 1. The summed E-state index contributed by atoms with van der Waals surface area (Å²) in [6.07, 6.45) is 3.21. The Bertz CT molecular complexity index is 871. The number of hydrogen-bond donors (Lipinski definition) is 1. The van der Waals surface area contributed by atoms with Gasteiger partial charge in [0.1, 0.15) is 11.5 Å². The molecule has 1 unspecified atom stereocenters. The lowest BCUT2D eigenvalue weighted by Crippen LogP contribution is -2.23. The normalized spacial score (nSPS) is 21.0. The predicted octanol–water partition coefficient (Wildman–Crippen LogP) is 4.80. The van der Waals surface area contributed by atoms with Crippen molar-refractivity contribution in [2.75, 3.05) is 0 Å². The number of phenolic OH excluding ortho intramolecular Hbond substituents is 1. The lowest BCUT2D eigenvalue weighted by molar-refractivity contribution is -0.131. The maximum atomic E-state index is 11.5. The number of phenols is 1.